The van der Waals surface area contributed by atoms with Gasteiger partial charge in [0.05, 0.1) is 17.8 Å². The van der Waals surface area contributed by atoms with Crippen molar-refractivity contribution in [2.24, 2.45) is 7.05 Å². The van der Waals surface area contributed by atoms with Crippen LogP contribution < -0.4 is 0 Å². The van der Waals surface area contributed by atoms with Gasteiger partial charge in [-0.1, -0.05) is 30.3 Å². The zero-order chi connectivity index (χ0) is 11.4. The lowest BCUT2D eigenvalue weighted by Gasteiger charge is -2.04. The molecule has 0 aliphatic rings. The quantitative estimate of drug-likeness (QED) is 0.824. The molecule has 84 valence electrons. The highest BCUT2D eigenvalue weighted by molar-refractivity contribution is 7.98. The predicted octanol–water partition coefficient (Wildman–Crippen LogP) is 2.20. The number of hydrogen-bond acceptors (Lipinski definition) is 3. The number of benzene rings is 1. The number of hydrogen-bond donors (Lipinski definition) is 1. The molecule has 0 unspecified atom stereocenters. The van der Waals surface area contributed by atoms with E-state index in [0.29, 0.717) is 0 Å². The maximum Gasteiger partial charge on any atom is 0.0995 e. The number of aryl methyl sites for hydroxylation is 1. The minimum absolute atomic E-state index is 0.0466. The number of aliphatic hydroxyl groups is 1. The highest BCUT2D eigenvalue weighted by Crippen LogP contribution is 2.25. The fraction of sp³-hybridized carbons (Fsp3) is 0.250. The van der Waals surface area contributed by atoms with Crippen LogP contribution in [0.2, 0.25) is 0 Å². The van der Waals surface area contributed by atoms with Gasteiger partial charge in [0, 0.05) is 18.4 Å². The summed E-state index contributed by atoms with van der Waals surface area (Å²) in [4.78, 5) is 0. The summed E-state index contributed by atoms with van der Waals surface area (Å²) in [5, 5.41) is 14.3. The van der Waals surface area contributed by atoms with Gasteiger partial charge in [-0.25, -0.2) is 0 Å². The van der Waals surface area contributed by atoms with E-state index in [1.54, 1.807) is 22.6 Å². The van der Waals surface area contributed by atoms with Crippen molar-refractivity contribution < 1.29 is 5.11 Å². The van der Waals surface area contributed by atoms with Gasteiger partial charge in [-0.3, -0.25) is 4.68 Å². The minimum atomic E-state index is 0.0466. The first-order valence-corrected chi connectivity index (χ1v) is 6.08. The van der Waals surface area contributed by atoms with Crippen LogP contribution in [0.15, 0.2) is 41.6 Å². The summed E-state index contributed by atoms with van der Waals surface area (Å²) in [5.41, 5.74) is 2.17. The molecule has 16 heavy (non-hydrogen) atoms. The fourth-order valence-corrected chi connectivity index (χ4v) is 2.52. The predicted molar refractivity (Wildman–Crippen MR) is 65.1 cm³/mol. The molecule has 0 saturated heterocycles. The number of aliphatic hydroxyl groups excluding tert-OH is 1. The zero-order valence-electron chi connectivity index (χ0n) is 9.13. The van der Waals surface area contributed by atoms with E-state index in [0.717, 1.165) is 16.3 Å². The summed E-state index contributed by atoms with van der Waals surface area (Å²) in [7, 11) is 1.90. The van der Waals surface area contributed by atoms with Crippen LogP contribution in [0.3, 0.4) is 0 Å². The summed E-state index contributed by atoms with van der Waals surface area (Å²) in [6, 6.07) is 10.3. The van der Waals surface area contributed by atoms with Crippen LogP contribution in [0, 0.1) is 0 Å². The van der Waals surface area contributed by atoms with Gasteiger partial charge >= 0.3 is 0 Å². The van der Waals surface area contributed by atoms with Crippen molar-refractivity contribution in [1.29, 1.82) is 0 Å². The standard InChI is InChI=1S/C12H14N2OS/c1-14-12(11(8-15)7-13-14)16-9-10-5-3-2-4-6-10/h2-7,15H,8-9H2,1H3. The van der Waals surface area contributed by atoms with Gasteiger partial charge in [0.15, 0.2) is 0 Å². The molecule has 4 heteroatoms. The third-order valence-electron chi connectivity index (χ3n) is 2.34. The Morgan fingerprint density at radius 3 is 2.75 bits per heavy atom. The molecule has 0 radical (unpaired) electrons. The van der Waals surface area contributed by atoms with Crippen molar-refractivity contribution in [2.45, 2.75) is 17.4 Å². The molecule has 0 bridgehead atoms. The molecule has 0 amide bonds. The van der Waals surface area contributed by atoms with Crippen molar-refractivity contribution in [2.75, 3.05) is 0 Å². The molecule has 0 aliphatic carbocycles. The van der Waals surface area contributed by atoms with E-state index >= 15 is 0 Å². The van der Waals surface area contributed by atoms with Gasteiger partial charge in [0.2, 0.25) is 0 Å². The van der Waals surface area contributed by atoms with Gasteiger partial charge in [-0.2, -0.15) is 5.10 Å². The maximum atomic E-state index is 9.16. The molecule has 0 saturated carbocycles. The second-order valence-electron chi connectivity index (χ2n) is 3.53. The highest BCUT2D eigenvalue weighted by atomic mass is 32.2. The van der Waals surface area contributed by atoms with E-state index in [9.17, 15) is 0 Å². The monoisotopic (exact) mass is 234 g/mol. The van der Waals surface area contributed by atoms with Gasteiger partial charge in [-0.15, -0.1) is 11.8 Å². The van der Waals surface area contributed by atoms with Crippen molar-refractivity contribution >= 4 is 11.8 Å². The van der Waals surface area contributed by atoms with E-state index in [2.05, 4.69) is 17.2 Å². The van der Waals surface area contributed by atoms with Crippen LogP contribution in [0.5, 0.6) is 0 Å². The molecule has 1 aromatic heterocycles. The largest absolute Gasteiger partial charge is 0.392 e. The van der Waals surface area contributed by atoms with Crippen molar-refractivity contribution in [3.05, 3.63) is 47.7 Å². The van der Waals surface area contributed by atoms with Crippen LogP contribution >= 0.6 is 11.8 Å². The number of nitrogens with zero attached hydrogens (tertiary/aromatic N) is 2. The van der Waals surface area contributed by atoms with Gasteiger partial charge in [-0.05, 0) is 5.56 Å². The molecule has 1 N–H and O–H groups in total. The molecule has 0 atom stereocenters. The Morgan fingerprint density at radius 1 is 1.31 bits per heavy atom. The molecular formula is C12H14N2OS. The first-order chi connectivity index (χ1) is 7.81. The Labute approximate surface area is 99.1 Å². The second kappa shape index (κ2) is 5.18. The highest BCUT2D eigenvalue weighted by Gasteiger charge is 2.07. The summed E-state index contributed by atoms with van der Waals surface area (Å²) in [6.07, 6.45) is 1.72. The van der Waals surface area contributed by atoms with E-state index in [-0.39, 0.29) is 6.61 Å². The lowest BCUT2D eigenvalue weighted by atomic mass is 10.2. The van der Waals surface area contributed by atoms with Crippen LogP contribution in [0.4, 0.5) is 0 Å². The van der Waals surface area contributed by atoms with Crippen molar-refractivity contribution in [1.82, 2.24) is 9.78 Å². The molecule has 0 fully saturated rings. The smallest absolute Gasteiger partial charge is 0.0995 e. The van der Waals surface area contributed by atoms with Crippen LogP contribution in [0.25, 0.3) is 0 Å². The summed E-state index contributed by atoms with van der Waals surface area (Å²) in [6.45, 7) is 0.0466. The molecule has 0 spiro atoms. The van der Waals surface area contributed by atoms with E-state index < -0.39 is 0 Å². The Hall–Kier alpha value is -1.26. The molecule has 1 aromatic carbocycles. The molecule has 2 aromatic rings. The van der Waals surface area contributed by atoms with Crippen molar-refractivity contribution in [3.8, 4) is 0 Å². The van der Waals surface area contributed by atoms with Crippen LogP contribution in [-0.4, -0.2) is 14.9 Å². The summed E-state index contributed by atoms with van der Waals surface area (Å²) < 4.78 is 1.80. The van der Waals surface area contributed by atoms with Gasteiger partial charge in [0.1, 0.15) is 0 Å². The molecule has 0 aliphatic heterocycles. The average molecular weight is 234 g/mol. The third kappa shape index (κ3) is 2.46. The summed E-state index contributed by atoms with van der Waals surface area (Å²) in [5.74, 6) is 0.896. The van der Waals surface area contributed by atoms with E-state index in [4.69, 9.17) is 5.11 Å². The zero-order valence-corrected chi connectivity index (χ0v) is 9.94. The normalized spacial score (nSPS) is 10.6. The average Bonchev–Trinajstić information content (AvgIpc) is 2.69. The number of aromatic nitrogens is 2. The second-order valence-corrected chi connectivity index (χ2v) is 4.50. The first kappa shape index (κ1) is 11.2. The molecular weight excluding hydrogens is 220 g/mol. The summed E-state index contributed by atoms with van der Waals surface area (Å²) >= 11 is 1.70. The fourth-order valence-electron chi connectivity index (χ4n) is 1.49. The van der Waals surface area contributed by atoms with Gasteiger partial charge in [0.25, 0.3) is 0 Å². The Kier molecular flexibility index (Phi) is 3.64. The third-order valence-corrected chi connectivity index (χ3v) is 3.62. The molecule has 1 heterocycles. The topological polar surface area (TPSA) is 38.0 Å². The lowest BCUT2D eigenvalue weighted by Crippen LogP contribution is -1.94. The Bertz CT molecular complexity index is 453. The van der Waals surface area contributed by atoms with E-state index in [1.165, 1.54) is 5.56 Å². The van der Waals surface area contributed by atoms with Crippen LogP contribution in [-0.2, 0) is 19.4 Å². The maximum absolute atomic E-state index is 9.16. The molecule has 3 nitrogen and oxygen atoms in total. The Morgan fingerprint density at radius 2 is 2.06 bits per heavy atom. The van der Waals surface area contributed by atoms with E-state index in [1.807, 2.05) is 25.2 Å². The lowest BCUT2D eigenvalue weighted by molar-refractivity contribution is 0.278. The number of rotatable bonds is 4. The Balaban J connectivity index is 2.07. The minimum Gasteiger partial charge on any atom is -0.392 e. The molecule has 2 rings (SSSR count). The first-order valence-electron chi connectivity index (χ1n) is 5.09. The SMILES string of the molecule is Cn1ncc(CO)c1SCc1ccccc1. The van der Waals surface area contributed by atoms with Crippen molar-refractivity contribution in [3.63, 3.8) is 0 Å². The van der Waals surface area contributed by atoms with Crippen LogP contribution in [0.1, 0.15) is 11.1 Å². The number of thioether (sulfide) groups is 1. The van der Waals surface area contributed by atoms with Gasteiger partial charge < -0.3 is 5.11 Å².